The van der Waals surface area contributed by atoms with Gasteiger partial charge in [0, 0.05) is 85.8 Å². The number of rotatable bonds is 5. The van der Waals surface area contributed by atoms with Gasteiger partial charge >= 0.3 is 0 Å². The van der Waals surface area contributed by atoms with Crippen LogP contribution in [-0.2, 0) is 6.54 Å². The van der Waals surface area contributed by atoms with Gasteiger partial charge in [-0.25, -0.2) is 8.78 Å². The number of hydrogen-bond donors (Lipinski definition) is 1. The molecule has 2 fully saturated rings. The molecule has 170 valence electrons. The third-order valence-corrected chi connectivity index (χ3v) is 6.80. The van der Waals surface area contributed by atoms with Crippen LogP contribution in [0.3, 0.4) is 0 Å². The van der Waals surface area contributed by atoms with E-state index in [1.54, 1.807) is 6.20 Å². The number of pyridine rings is 1. The largest absolute Gasteiger partial charge is 0.369 e. The van der Waals surface area contributed by atoms with Gasteiger partial charge in [0.15, 0.2) is 0 Å². The number of likely N-dealkylation sites (tertiary alicyclic amines) is 1. The Morgan fingerprint density at radius 2 is 1.78 bits per heavy atom. The van der Waals surface area contributed by atoms with E-state index in [4.69, 9.17) is 0 Å². The molecule has 2 aliphatic rings. The van der Waals surface area contributed by atoms with Crippen molar-refractivity contribution >= 4 is 16.6 Å². The first-order valence-corrected chi connectivity index (χ1v) is 11.5. The van der Waals surface area contributed by atoms with Crippen molar-refractivity contribution in [1.29, 1.82) is 0 Å². The zero-order valence-corrected chi connectivity index (χ0v) is 18.8. The number of benzene rings is 1. The van der Waals surface area contributed by atoms with Crippen molar-refractivity contribution in [2.45, 2.75) is 38.8 Å². The van der Waals surface area contributed by atoms with Crippen LogP contribution in [0.4, 0.5) is 14.5 Å². The zero-order valence-electron chi connectivity index (χ0n) is 18.8. The molecule has 0 atom stereocenters. The van der Waals surface area contributed by atoms with E-state index in [0.717, 1.165) is 54.0 Å². The highest BCUT2D eigenvalue weighted by molar-refractivity contribution is 5.93. The van der Waals surface area contributed by atoms with Gasteiger partial charge in [-0.1, -0.05) is 12.1 Å². The number of alkyl halides is 2. The van der Waals surface area contributed by atoms with E-state index in [1.165, 1.54) is 5.69 Å². The number of piperazine rings is 1. The van der Waals surface area contributed by atoms with Gasteiger partial charge in [0.05, 0.1) is 12.2 Å². The van der Waals surface area contributed by atoms with Gasteiger partial charge < -0.3 is 9.88 Å². The molecule has 0 spiro atoms. The number of aromatic nitrogens is 2. The number of fused-ring (bicyclic) bond motifs is 1. The minimum absolute atomic E-state index is 0.0566. The minimum atomic E-state index is -2.57. The molecule has 7 heteroatoms. The average Bonchev–Trinajstić information content (AvgIpc) is 3.35. The number of aromatic amines is 1. The summed E-state index contributed by atoms with van der Waals surface area (Å²) in [6.07, 6.45) is 1.75. The molecule has 0 aliphatic carbocycles. The smallest absolute Gasteiger partial charge is 0.261 e. The molecule has 0 saturated carbocycles. The summed E-state index contributed by atoms with van der Waals surface area (Å²) >= 11 is 0. The second-order valence-electron chi connectivity index (χ2n) is 9.40. The Morgan fingerprint density at radius 1 is 1.03 bits per heavy atom. The van der Waals surface area contributed by atoms with Crippen molar-refractivity contribution in [2.24, 2.45) is 0 Å². The first kappa shape index (κ1) is 21.3. The van der Waals surface area contributed by atoms with E-state index in [9.17, 15) is 8.78 Å². The van der Waals surface area contributed by atoms with Gasteiger partial charge in [-0.05, 0) is 38.1 Å². The van der Waals surface area contributed by atoms with Crippen LogP contribution in [-0.4, -0.2) is 71.0 Å². The van der Waals surface area contributed by atoms with Crippen molar-refractivity contribution in [2.75, 3.05) is 44.2 Å². The minimum Gasteiger partial charge on any atom is -0.369 e. The Kier molecular flexibility index (Phi) is 5.63. The molecule has 32 heavy (non-hydrogen) atoms. The number of anilines is 1. The van der Waals surface area contributed by atoms with E-state index < -0.39 is 5.92 Å². The molecule has 1 N–H and O–H groups in total. The fourth-order valence-electron chi connectivity index (χ4n) is 4.94. The summed E-state index contributed by atoms with van der Waals surface area (Å²) in [4.78, 5) is 14.8. The molecule has 0 amide bonds. The van der Waals surface area contributed by atoms with Gasteiger partial charge in [0.2, 0.25) is 0 Å². The lowest BCUT2D eigenvalue weighted by molar-refractivity contribution is 0.0114. The SMILES string of the molecule is CC(C)N1CCN(c2ccc(-c3nccc4[nH]c(CN5CCC(F)(F)C5)cc34)cc2)CC1. The van der Waals surface area contributed by atoms with Crippen LogP contribution < -0.4 is 4.90 Å². The van der Waals surface area contributed by atoms with Gasteiger partial charge in [-0.2, -0.15) is 0 Å². The van der Waals surface area contributed by atoms with Crippen LogP contribution in [0.1, 0.15) is 26.0 Å². The maximum Gasteiger partial charge on any atom is 0.261 e. The summed E-state index contributed by atoms with van der Waals surface area (Å²) in [6, 6.07) is 13.2. The Morgan fingerprint density at radius 3 is 2.44 bits per heavy atom. The van der Waals surface area contributed by atoms with Crippen molar-refractivity contribution in [3.63, 3.8) is 0 Å². The maximum atomic E-state index is 13.5. The van der Waals surface area contributed by atoms with Gasteiger partial charge in [-0.15, -0.1) is 0 Å². The monoisotopic (exact) mass is 439 g/mol. The first-order valence-electron chi connectivity index (χ1n) is 11.5. The predicted octanol–water partition coefficient (Wildman–Crippen LogP) is 4.60. The molecule has 2 saturated heterocycles. The van der Waals surface area contributed by atoms with Crippen LogP contribution in [0.5, 0.6) is 0 Å². The van der Waals surface area contributed by atoms with Crippen LogP contribution in [0, 0.1) is 0 Å². The van der Waals surface area contributed by atoms with E-state index >= 15 is 0 Å². The molecule has 1 aromatic carbocycles. The Hall–Kier alpha value is -2.51. The molecule has 2 aliphatic heterocycles. The highest BCUT2D eigenvalue weighted by Gasteiger charge is 2.38. The molecule has 0 unspecified atom stereocenters. The number of H-pyrrole nitrogens is 1. The summed E-state index contributed by atoms with van der Waals surface area (Å²) < 4.78 is 27.1. The third kappa shape index (κ3) is 4.36. The van der Waals surface area contributed by atoms with E-state index in [0.29, 0.717) is 19.1 Å². The summed E-state index contributed by atoms with van der Waals surface area (Å²) in [5.41, 5.74) is 5.18. The summed E-state index contributed by atoms with van der Waals surface area (Å²) in [5.74, 6) is -2.57. The quantitative estimate of drug-likeness (QED) is 0.631. The standard InChI is InChI=1S/C25H31F2N5/c1-18(2)31-11-13-32(14-12-31)21-5-3-19(4-6-21)24-22-15-20(29-23(22)7-9-28-24)16-30-10-8-25(26,27)17-30/h3-7,9,15,18,29H,8,10-14,16-17H2,1-2H3. The number of hydrogen-bond acceptors (Lipinski definition) is 4. The van der Waals surface area contributed by atoms with Crippen LogP contribution in [0.15, 0.2) is 42.6 Å². The summed E-state index contributed by atoms with van der Waals surface area (Å²) in [6.45, 7) is 9.55. The predicted molar refractivity (Wildman–Crippen MR) is 125 cm³/mol. The van der Waals surface area contributed by atoms with Crippen LogP contribution in [0.2, 0.25) is 0 Å². The Labute approximate surface area is 188 Å². The highest BCUT2D eigenvalue weighted by Crippen LogP contribution is 2.31. The van der Waals surface area contributed by atoms with Crippen LogP contribution >= 0.6 is 0 Å². The van der Waals surface area contributed by atoms with Crippen LogP contribution in [0.25, 0.3) is 22.2 Å². The summed E-state index contributed by atoms with van der Waals surface area (Å²) in [7, 11) is 0. The van der Waals surface area contributed by atoms with Crippen molar-refractivity contribution in [1.82, 2.24) is 19.8 Å². The molecule has 0 radical (unpaired) electrons. The third-order valence-electron chi connectivity index (χ3n) is 6.80. The lowest BCUT2D eigenvalue weighted by Gasteiger charge is -2.38. The second-order valence-corrected chi connectivity index (χ2v) is 9.40. The van der Waals surface area contributed by atoms with E-state index in [1.807, 2.05) is 11.0 Å². The average molecular weight is 440 g/mol. The van der Waals surface area contributed by atoms with Gasteiger partial charge in [0.25, 0.3) is 5.92 Å². The fraction of sp³-hybridized carbons (Fsp3) is 0.480. The summed E-state index contributed by atoms with van der Waals surface area (Å²) in [5, 5.41) is 1.03. The van der Waals surface area contributed by atoms with Crippen molar-refractivity contribution < 1.29 is 8.78 Å². The molecule has 5 rings (SSSR count). The molecular formula is C25H31F2N5. The van der Waals surface area contributed by atoms with Gasteiger partial charge in [-0.3, -0.25) is 14.8 Å². The van der Waals surface area contributed by atoms with E-state index in [-0.39, 0.29) is 13.0 Å². The molecule has 5 nitrogen and oxygen atoms in total. The maximum absolute atomic E-state index is 13.5. The zero-order chi connectivity index (χ0) is 22.3. The number of halogens is 2. The lowest BCUT2D eigenvalue weighted by atomic mass is 10.1. The number of nitrogens with one attached hydrogen (secondary N) is 1. The molecular weight excluding hydrogens is 408 g/mol. The molecule has 2 aromatic heterocycles. The Balaban J connectivity index is 1.33. The van der Waals surface area contributed by atoms with Crippen molar-refractivity contribution in [3.05, 3.63) is 48.3 Å². The Bertz CT molecular complexity index is 1070. The normalized spacial score (nSPS) is 20.0. The second kappa shape index (κ2) is 8.45. The first-order chi connectivity index (χ1) is 15.4. The molecule has 3 aromatic rings. The van der Waals surface area contributed by atoms with Gasteiger partial charge in [0.1, 0.15) is 0 Å². The molecule has 0 bridgehead atoms. The topological polar surface area (TPSA) is 38.4 Å². The fourth-order valence-corrected chi connectivity index (χ4v) is 4.94. The lowest BCUT2D eigenvalue weighted by Crippen LogP contribution is -2.48. The number of nitrogens with zero attached hydrogens (tertiary/aromatic N) is 4. The van der Waals surface area contributed by atoms with E-state index in [2.05, 4.69) is 63.9 Å². The highest BCUT2D eigenvalue weighted by atomic mass is 19.3. The molecule has 4 heterocycles. The van der Waals surface area contributed by atoms with Crippen molar-refractivity contribution in [3.8, 4) is 11.3 Å².